The van der Waals surface area contributed by atoms with Gasteiger partial charge in [-0.25, -0.2) is 12.8 Å². The molecule has 1 aliphatic rings. The van der Waals surface area contributed by atoms with E-state index in [-0.39, 0.29) is 15.5 Å². The van der Waals surface area contributed by atoms with Gasteiger partial charge < -0.3 is 4.74 Å². The third-order valence-corrected chi connectivity index (χ3v) is 5.20. The van der Waals surface area contributed by atoms with Crippen LogP contribution in [0.3, 0.4) is 0 Å². The fourth-order valence-electron chi connectivity index (χ4n) is 1.79. The number of nitrogens with zero attached hydrogens (tertiary/aromatic N) is 1. The van der Waals surface area contributed by atoms with Crippen molar-refractivity contribution in [2.45, 2.75) is 17.9 Å². The van der Waals surface area contributed by atoms with Gasteiger partial charge in [-0.2, -0.15) is 4.31 Å². The van der Waals surface area contributed by atoms with E-state index in [0.29, 0.717) is 19.7 Å². The Labute approximate surface area is 114 Å². The summed E-state index contributed by atoms with van der Waals surface area (Å²) in [7, 11) is -3.58. The van der Waals surface area contributed by atoms with E-state index in [4.69, 9.17) is 4.74 Å². The average molecular weight is 338 g/mol. The van der Waals surface area contributed by atoms with Gasteiger partial charge in [0.1, 0.15) is 5.82 Å². The highest BCUT2D eigenvalue weighted by Crippen LogP contribution is 2.23. The van der Waals surface area contributed by atoms with Crippen LogP contribution in [0.2, 0.25) is 0 Å². The molecule has 0 aromatic heterocycles. The Morgan fingerprint density at radius 2 is 2.22 bits per heavy atom. The first-order chi connectivity index (χ1) is 8.41. The Bertz CT molecular complexity index is 549. The Balaban J connectivity index is 2.32. The maximum Gasteiger partial charge on any atom is 0.243 e. The molecule has 1 heterocycles. The number of ether oxygens (including phenoxy) is 1. The molecule has 7 heteroatoms. The number of morpholine rings is 1. The molecule has 0 saturated carbocycles. The number of benzene rings is 1. The lowest BCUT2D eigenvalue weighted by Crippen LogP contribution is -2.44. The SMILES string of the molecule is CC1CN(S(=O)(=O)c2ccc(F)c(Br)c2)CCO1. The summed E-state index contributed by atoms with van der Waals surface area (Å²) in [5, 5.41) is 0. The fraction of sp³-hybridized carbons (Fsp3) is 0.455. The quantitative estimate of drug-likeness (QED) is 0.829. The number of rotatable bonds is 2. The molecule has 100 valence electrons. The molecule has 0 spiro atoms. The number of hydrogen-bond donors (Lipinski definition) is 0. The largest absolute Gasteiger partial charge is 0.376 e. The summed E-state index contributed by atoms with van der Waals surface area (Å²) in [6.45, 7) is 2.84. The summed E-state index contributed by atoms with van der Waals surface area (Å²) < 4.78 is 44.6. The molecule has 1 unspecified atom stereocenters. The molecule has 1 aliphatic heterocycles. The maximum atomic E-state index is 13.1. The lowest BCUT2D eigenvalue weighted by Gasteiger charge is -2.30. The van der Waals surface area contributed by atoms with Crippen LogP contribution >= 0.6 is 15.9 Å². The van der Waals surface area contributed by atoms with E-state index >= 15 is 0 Å². The first-order valence-corrected chi connectivity index (χ1v) is 7.71. The number of hydrogen-bond acceptors (Lipinski definition) is 3. The monoisotopic (exact) mass is 337 g/mol. The second-order valence-electron chi connectivity index (χ2n) is 4.12. The predicted molar refractivity (Wildman–Crippen MR) is 68.3 cm³/mol. The van der Waals surface area contributed by atoms with Crippen LogP contribution in [-0.2, 0) is 14.8 Å². The van der Waals surface area contributed by atoms with E-state index in [2.05, 4.69) is 15.9 Å². The third kappa shape index (κ3) is 2.74. The van der Waals surface area contributed by atoms with Crippen LogP contribution in [-0.4, -0.2) is 38.5 Å². The second-order valence-corrected chi connectivity index (χ2v) is 6.91. The molecule has 0 amide bonds. The highest BCUT2D eigenvalue weighted by atomic mass is 79.9. The third-order valence-electron chi connectivity index (χ3n) is 2.73. The number of halogens is 2. The molecular formula is C11H13BrFNO3S. The molecule has 1 saturated heterocycles. The smallest absolute Gasteiger partial charge is 0.243 e. The van der Waals surface area contributed by atoms with Crippen molar-refractivity contribution in [3.63, 3.8) is 0 Å². The molecular weight excluding hydrogens is 325 g/mol. The Kier molecular flexibility index (Phi) is 4.05. The van der Waals surface area contributed by atoms with Crippen molar-refractivity contribution >= 4 is 26.0 Å². The average Bonchev–Trinajstić information content (AvgIpc) is 2.32. The van der Waals surface area contributed by atoms with E-state index < -0.39 is 15.8 Å². The van der Waals surface area contributed by atoms with Gasteiger partial charge >= 0.3 is 0 Å². The normalized spacial score (nSPS) is 22.1. The van der Waals surface area contributed by atoms with Gasteiger partial charge in [0, 0.05) is 13.1 Å². The Morgan fingerprint density at radius 3 is 2.83 bits per heavy atom. The van der Waals surface area contributed by atoms with Gasteiger partial charge in [0.25, 0.3) is 0 Å². The van der Waals surface area contributed by atoms with E-state index in [0.717, 1.165) is 6.07 Å². The lowest BCUT2D eigenvalue weighted by molar-refractivity contribution is 0.0102. The van der Waals surface area contributed by atoms with Crippen LogP contribution in [0.25, 0.3) is 0 Å². The van der Waals surface area contributed by atoms with E-state index in [1.807, 2.05) is 6.92 Å². The van der Waals surface area contributed by atoms with Crippen molar-refractivity contribution in [1.29, 1.82) is 0 Å². The molecule has 0 N–H and O–H groups in total. The molecule has 1 fully saturated rings. The summed E-state index contributed by atoms with van der Waals surface area (Å²) in [6.07, 6.45) is -0.127. The molecule has 4 nitrogen and oxygen atoms in total. The second kappa shape index (κ2) is 5.24. The van der Waals surface area contributed by atoms with Crippen LogP contribution in [0.5, 0.6) is 0 Å². The fourth-order valence-corrected chi connectivity index (χ4v) is 3.85. The molecule has 1 aromatic carbocycles. The van der Waals surface area contributed by atoms with Gasteiger partial charge in [-0.3, -0.25) is 0 Å². The summed E-state index contributed by atoms with van der Waals surface area (Å²) in [5.41, 5.74) is 0. The van der Waals surface area contributed by atoms with Crippen molar-refractivity contribution in [1.82, 2.24) is 4.31 Å². The molecule has 1 aromatic rings. The maximum absolute atomic E-state index is 13.1. The standard InChI is InChI=1S/C11H13BrFNO3S/c1-8-7-14(4-5-17-8)18(15,16)9-2-3-11(13)10(12)6-9/h2-3,6,8H,4-5,7H2,1H3. The minimum Gasteiger partial charge on any atom is -0.376 e. The van der Waals surface area contributed by atoms with Crippen LogP contribution < -0.4 is 0 Å². The predicted octanol–water partition coefficient (Wildman–Crippen LogP) is 2.00. The highest BCUT2D eigenvalue weighted by Gasteiger charge is 2.29. The van der Waals surface area contributed by atoms with Crippen molar-refractivity contribution in [2.24, 2.45) is 0 Å². The van der Waals surface area contributed by atoms with Gasteiger partial charge in [0.05, 0.1) is 22.1 Å². The zero-order chi connectivity index (χ0) is 13.3. The van der Waals surface area contributed by atoms with Crippen molar-refractivity contribution in [3.05, 3.63) is 28.5 Å². The number of sulfonamides is 1. The van der Waals surface area contributed by atoms with Crippen LogP contribution in [0.15, 0.2) is 27.6 Å². The zero-order valence-corrected chi connectivity index (χ0v) is 12.2. The van der Waals surface area contributed by atoms with Crippen LogP contribution in [0, 0.1) is 5.82 Å². The molecule has 0 radical (unpaired) electrons. The molecule has 2 rings (SSSR count). The first kappa shape index (κ1) is 13.9. The first-order valence-electron chi connectivity index (χ1n) is 5.48. The summed E-state index contributed by atoms with van der Waals surface area (Å²) in [5.74, 6) is -0.482. The van der Waals surface area contributed by atoms with Crippen molar-refractivity contribution in [2.75, 3.05) is 19.7 Å². The van der Waals surface area contributed by atoms with Gasteiger partial charge in [-0.1, -0.05) is 0 Å². The van der Waals surface area contributed by atoms with Gasteiger partial charge in [0.2, 0.25) is 10.0 Å². The van der Waals surface area contributed by atoms with Gasteiger partial charge in [-0.15, -0.1) is 0 Å². The van der Waals surface area contributed by atoms with E-state index in [1.54, 1.807) is 0 Å². The van der Waals surface area contributed by atoms with Crippen molar-refractivity contribution in [3.8, 4) is 0 Å². The Hall–Kier alpha value is -0.500. The summed E-state index contributed by atoms with van der Waals surface area (Å²) in [6, 6.07) is 3.70. The highest BCUT2D eigenvalue weighted by molar-refractivity contribution is 9.10. The molecule has 0 bridgehead atoms. The zero-order valence-electron chi connectivity index (χ0n) is 9.77. The van der Waals surface area contributed by atoms with Crippen LogP contribution in [0.1, 0.15) is 6.92 Å². The molecule has 18 heavy (non-hydrogen) atoms. The van der Waals surface area contributed by atoms with Crippen molar-refractivity contribution < 1.29 is 17.5 Å². The van der Waals surface area contributed by atoms with Crippen LogP contribution in [0.4, 0.5) is 4.39 Å². The minimum atomic E-state index is -3.58. The summed E-state index contributed by atoms with van der Waals surface area (Å²) >= 11 is 2.99. The van der Waals surface area contributed by atoms with E-state index in [9.17, 15) is 12.8 Å². The molecule has 1 atom stereocenters. The minimum absolute atomic E-state index is 0.0878. The topological polar surface area (TPSA) is 46.6 Å². The van der Waals surface area contributed by atoms with Gasteiger partial charge in [0.15, 0.2) is 0 Å². The van der Waals surface area contributed by atoms with E-state index in [1.165, 1.54) is 16.4 Å². The van der Waals surface area contributed by atoms with Gasteiger partial charge in [-0.05, 0) is 41.1 Å². The summed E-state index contributed by atoms with van der Waals surface area (Å²) in [4.78, 5) is 0.0878. The molecule has 0 aliphatic carbocycles. The Morgan fingerprint density at radius 1 is 1.50 bits per heavy atom. The lowest BCUT2D eigenvalue weighted by atomic mass is 10.3.